The summed E-state index contributed by atoms with van der Waals surface area (Å²) in [7, 11) is 1.92. The number of hydrogen-bond donors (Lipinski definition) is 1. The molecule has 1 aromatic carbocycles. The zero-order valence-corrected chi connectivity index (χ0v) is 11.9. The minimum Gasteiger partial charge on any atom is -0.378 e. The van der Waals surface area contributed by atoms with Gasteiger partial charge in [-0.1, -0.05) is 12.1 Å². The second kappa shape index (κ2) is 6.27. The molecule has 1 heterocycles. The zero-order valence-electron chi connectivity index (χ0n) is 11.9. The summed E-state index contributed by atoms with van der Waals surface area (Å²) >= 11 is 0. The fraction of sp³-hybridized carbons (Fsp3) is 0.400. The van der Waals surface area contributed by atoms with Crippen LogP contribution in [0.5, 0.6) is 0 Å². The topological polar surface area (TPSA) is 33.1 Å². The third kappa shape index (κ3) is 3.50. The molecule has 0 atom stereocenters. The van der Waals surface area contributed by atoms with Gasteiger partial charge in [0.25, 0.3) is 0 Å². The molecule has 0 spiro atoms. The summed E-state index contributed by atoms with van der Waals surface area (Å²) in [6.07, 6.45) is 3.81. The summed E-state index contributed by atoms with van der Waals surface area (Å²) in [4.78, 5) is 2.35. The predicted octanol–water partition coefficient (Wildman–Crippen LogP) is 2.88. The number of anilines is 2. The van der Waals surface area contributed by atoms with Gasteiger partial charge in [-0.25, -0.2) is 0 Å². The first-order chi connectivity index (χ1) is 9.22. The van der Waals surface area contributed by atoms with E-state index < -0.39 is 0 Å². The Morgan fingerprint density at radius 2 is 1.84 bits per heavy atom. The highest BCUT2D eigenvalue weighted by Gasteiger charge is 2.01. The van der Waals surface area contributed by atoms with E-state index in [0.29, 0.717) is 0 Å². The van der Waals surface area contributed by atoms with Crippen LogP contribution in [0.15, 0.2) is 36.7 Å². The van der Waals surface area contributed by atoms with Crippen LogP contribution in [-0.2, 0) is 13.6 Å². The molecule has 4 nitrogen and oxygen atoms in total. The Kier molecular flexibility index (Phi) is 4.44. The van der Waals surface area contributed by atoms with Crippen LogP contribution in [0.1, 0.15) is 19.4 Å². The summed E-state index contributed by atoms with van der Waals surface area (Å²) in [6, 6.07) is 8.73. The van der Waals surface area contributed by atoms with Crippen LogP contribution >= 0.6 is 0 Å². The molecule has 0 aliphatic rings. The Balaban J connectivity index is 1.95. The van der Waals surface area contributed by atoms with Gasteiger partial charge in [-0.3, -0.25) is 4.68 Å². The van der Waals surface area contributed by atoms with Gasteiger partial charge in [0, 0.05) is 38.6 Å². The highest BCUT2D eigenvalue weighted by Crippen LogP contribution is 2.15. The molecule has 19 heavy (non-hydrogen) atoms. The van der Waals surface area contributed by atoms with Crippen LogP contribution in [0.4, 0.5) is 11.4 Å². The van der Waals surface area contributed by atoms with Gasteiger partial charge in [0.05, 0.1) is 11.9 Å². The lowest BCUT2D eigenvalue weighted by Crippen LogP contribution is -2.21. The monoisotopic (exact) mass is 258 g/mol. The Hall–Kier alpha value is -1.97. The van der Waals surface area contributed by atoms with Crippen LogP contribution in [0.25, 0.3) is 0 Å². The number of rotatable bonds is 6. The van der Waals surface area contributed by atoms with Crippen molar-refractivity contribution in [3.05, 3.63) is 42.2 Å². The summed E-state index contributed by atoms with van der Waals surface area (Å²) in [5.74, 6) is 0. The van der Waals surface area contributed by atoms with Gasteiger partial charge in [0.15, 0.2) is 0 Å². The second-order valence-electron chi connectivity index (χ2n) is 4.59. The second-order valence-corrected chi connectivity index (χ2v) is 4.59. The average molecular weight is 258 g/mol. The maximum atomic E-state index is 4.14. The van der Waals surface area contributed by atoms with Gasteiger partial charge in [-0.15, -0.1) is 0 Å². The van der Waals surface area contributed by atoms with E-state index in [-0.39, 0.29) is 0 Å². The van der Waals surface area contributed by atoms with E-state index in [2.05, 4.69) is 53.4 Å². The predicted molar refractivity (Wildman–Crippen MR) is 80.5 cm³/mol. The minimum absolute atomic E-state index is 0.824. The van der Waals surface area contributed by atoms with Crippen molar-refractivity contribution in [1.29, 1.82) is 0 Å². The molecule has 0 radical (unpaired) electrons. The first-order valence-electron chi connectivity index (χ1n) is 6.79. The Morgan fingerprint density at radius 3 is 2.37 bits per heavy atom. The number of nitrogens with one attached hydrogen (secondary N) is 1. The van der Waals surface area contributed by atoms with E-state index in [9.17, 15) is 0 Å². The quantitative estimate of drug-likeness (QED) is 0.865. The zero-order chi connectivity index (χ0) is 13.7. The molecule has 0 aliphatic carbocycles. The molecule has 0 aliphatic heterocycles. The van der Waals surface area contributed by atoms with Gasteiger partial charge in [0.2, 0.25) is 0 Å². The van der Waals surface area contributed by atoms with Gasteiger partial charge in [-0.05, 0) is 31.5 Å². The summed E-state index contributed by atoms with van der Waals surface area (Å²) in [5.41, 5.74) is 3.62. The molecule has 0 saturated carbocycles. The van der Waals surface area contributed by atoms with Crippen molar-refractivity contribution in [3.63, 3.8) is 0 Å². The molecular weight excluding hydrogens is 236 g/mol. The highest BCUT2D eigenvalue weighted by molar-refractivity contribution is 5.48. The van der Waals surface area contributed by atoms with Crippen molar-refractivity contribution >= 4 is 11.4 Å². The van der Waals surface area contributed by atoms with Crippen molar-refractivity contribution in [3.8, 4) is 0 Å². The molecule has 0 fully saturated rings. The largest absolute Gasteiger partial charge is 0.378 e. The molecule has 0 saturated heterocycles. The summed E-state index contributed by atoms with van der Waals surface area (Å²) < 4.78 is 1.80. The molecule has 102 valence electrons. The number of benzene rings is 1. The van der Waals surface area contributed by atoms with Crippen LogP contribution in [0.3, 0.4) is 0 Å². The minimum atomic E-state index is 0.824. The Morgan fingerprint density at radius 1 is 1.16 bits per heavy atom. The fourth-order valence-electron chi connectivity index (χ4n) is 2.13. The molecule has 0 unspecified atom stereocenters. The lowest BCUT2D eigenvalue weighted by Gasteiger charge is -2.21. The SMILES string of the molecule is CCN(CC)c1ccc(CNc2cnn(C)c2)cc1. The first-order valence-corrected chi connectivity index (χ1v) is 6.79. The fourth-order valence-corrected chi connectivity index (χ4v) is 2.13. The highest BCUT2D eigenvalue weighted by atomic mass is 15.3. The van der Waals surface area contributed by atoms with Crippen LogP contribution in [0, 0.1) is 0 Å². The van der Waals surface area contributed by atoms with E-state index in [4.69, 9.17) is 0 Å². The first kappa shape index (κ1) is 13.5. The van der Waals surface area contributed by atoms with E-state index >= 15 is 0 Å². The van der Waals surface area contributed by atoms with Gasteiger partial charge < -0.3 is 10.2 Å². The molecule has 2 rings (SSSR count). The number of nitrogens with zero attached hydrogens (tertiary/aromatic N) is 3. The maximum Gasteiger partial charge on any atom is 0.0729 e. The molecule has 4 heteroatoms. The van der Waals surface area contributed by atoms with Crippen molar-refractivity contribution in [2.24, 2.45) is 7.05 Å². The average Bonchev–Trinajstić information content (AvgIpc) is 2.85. The van der Waals surface area contributed by atoms with Gasteiger partial charge >= 0.3 is 0 Å². The van der Waals surface area contributed by atoms with E-state index in [1.165, 1.54) is 11.3 Å². The Bertz CT molecular complexity index is 497. The van der Waals surface area contributed by atoms with Crippen molar-refractivity contribution in [2.45, 2.75) is 20.4 Å². The van der Waals surface area contributed by atoms with Crippen LogP contribution in [0.2, 0.25) is 0 Å². The van der Waals surface area contributed by atoms with Crippen molar-refractivity contribution in [2.75, 3.05) is 23.3 Å². The number of hydrogen-bond acceptors (Lipinski definition) is 3. The Labute approximate surface area is 115 Å². The number of aryl methyl sites for hydroxylation is 1. The van der Waals surface area contributed by atoms with Crippen LogP contribution in [-0.4, -0.2) is 22.9 Å². The smallest absolute Gasteiger partial charge is 0.0729 e. The number of aromatic nitrogens is 2. The van der Waals surface area contributed by atoms with Crippen molar-refractivity contribution in [1.82, 2.24) is 9.78 Å². The molecule has 1 N–H and O–H groups in total. The lowest BCUT2D eigenvalue weighted by atomic mass is 10.2. The molecule has 0 amide bonds. The van der Waals surface area contributed by atoms with E-state index in [1.54, 1.807) is 4.68 Å². The van der Waals surface area contributed by atoms with E-state index in [1.807, 2.05) is 19.4 Å². The molecule has 0 bridgehead atoms. The third-order valence-electron chi connectivity index (χ3n) is 3.27. The maximum absolute atomic E-state index is 4.14. The molecule has 1 aromatic heterocycles. The molecule has 2 aromatic rings. The lowest BCUT2D eigenvalue weighted by molar-refractivity contribution is 0.768. The van der Waals surface area contributed by atoms with Crippen molar-refractivity contribution < 1.29 is 0 Å². The normalized spacial score (nSPS) is 10.5. The molecular formula is C15H22N4. The van der Waals surface area contributed by atoms with Gasteiger partial charge in [-0.2, -0.15) is 5.10 Å². The van der Waals surface area contributed by atoms with Crippen LogP contribution < -0.4 is 10.2 Å². The summed E-state index contributed by atoms with van der Waals surface area (Å²) in [6.45, 7) is 7.28. The third-order valence-corrected chi connectivity index (χ3v) is 3.27. The standard InChI is InChI=1S/C15H22N4/c1-4-19(5-2)15-8-6-13(7-9-15)10-16-14-11-17-18(3)12-14/h6-9,11-12,16H,4-5,10H2,1-3H3. The van der Waals surface area contributed by atoms with E-state index in [0.717, 1.165) is 25.3 Å². The summed E-state index contributed by atoms with van der Waals surface area (Å²) in [5, 5.41) is 7.50. The van der Waals surface area contributed by atoms with Gasteiger partial charge in [0.1, 0.15) is 0 Å².